The first-order valence-corrected chi connectivity index (χ1v) is 6.01. The van der Waals surface area contributed by atoms with E-state index < -0.39 is 0 Å². The van der Waals surface area contributed by atoms with Crippen molar-refractivity contribution >= 4 is 11.6 Å². The molecule has 18 heavy (non-hydrogen) atoms. The molecule has 2 rings (SSSR count). The number of aryl methyl sites for hydroxylation is 3. The molecule has 2 aromatic carbocycles. The molecule has 0 saturated carbocycles. The van der Waals surface area contributed by atoms with E-state index in [0.29, 0.717) is 5.56 Å². The Kier molecular flexibility index (Phi) is 3.47. The molecule has 1 amide bonds. The molecule has 0 radical (unpaired) electrons. The lowest BCUT2D eigenvalue weighted by Crippen LogP contribution is -2.12. The van der Waals surface area contributed by atoms with Gasteiger partial charge in [-0.2, -0.15) is 0 Å². The first-order chi connectivity index (χ1) is 8.56. The molecule has 0 bridgehead atoms. The maximum absolute atomic E-state index is 12.1. The molecular formula is C16H17NO. The molecule has 0 aromatic heterocycles. The number of rotatable bonds is 2. The van der Waals surface area contributed by atoms with E-state index in [-0.39, 0.29) is 5.91 Å². The summed E-state index contributed by atoms with van der Waals surface area (Å²) in [4.78, 5) is 12.1. The maximum Gasteiger partial charge on any atom is 0.255 e. The molecule has 0 spiro atoms. The molecule has 0 atom stereocenters. The fourth-order valence-corrected chi connectivity index (χ4v) is 1.85. The van der Waals surface area contributed by atoms with Gasteiger partial charge in [-0.05, 0) is 44.5 Å². The highest BCUT2D eigenvalue weighted by molar-refractivity contribution is 6.04. The quantitative estimate of drug-likeness (QED) is 0.847. The first-order valence-electron chi connectivity index (χ1n) is 6.01. The zero-order chi connectivity index (χ0) is 13.1. The summed E-state index contributed by atoms with van der Waals surface area (Å²) in [7, 11) is 0. The molecular weight excluding hydrogens is 222 g/mol. The highest BCUT2D eigenvalue weighted by Gasteiger charge is 2.07. The SMILES string of the molecule is Cc1ccc(C(=O)Nc2ccc(C)cc2C)cc1. The van der Waals surface area contributed by atoms with Crippen LogP contribution in [0.5, 0.6) is 0 Å². The highest BCUT2D eigenvalue weighted by atomic mass is 16.1. The normalized spacial score (nSPS) is 10.2. The Labute approximate surface area is 108 Å². The van der Waals surface area contributed by atoms with Gasteiger partial charge in [0.05, 0.1) is 0 Å². The van der Waals surface area contributed by atoms with Crippen LogP contribution < -0.4 is 5.32 Å². The molecule has 0 saturated heterocycles. The number of nitrogens with one attached hydrogen (secondary N) is 1. The third-order valence-corrected chi connectivity index (χ3v) is 2.94. The smallest absolute Gasteiger partial charge is 0.255 e. The Hall–Kier alpha value is -2.09. The van der Waals surface area contributed by atoms with Gasteiger partial charge in [0.2, 0.25) is 0 Å². The van der Waals surface area contributed by atoms with E-state index in [1.165, 1.54) is 5.56 Å². The summed E-state index contributed by atoms with van der Waals surface area (Å²) < 4.78 is 0. The Morgan fingerprint density at radius 3 is 2.11 bits per heavy atom. The standard InChI is InChI=1S/C16H17NO/c1-11-4-7-14(8-5-11)16(18)17-15-9-6-12(2)10-13(15)3/h4-10H,1-3H3,(H,17,18). The minimum absolute atomic E-state index is 0.0676. The topological polar surface area (TPSA) is 29.1 Å². The predicted molar refractivity (Wildman–Crippen MR) is 75.0 cm³/mol. The van der Waals surface area contributed by atoms with Crippen molar-refractivity contribution in [1.29, 1.82) is 0 Å². The zero-order valence-electron chi connectivity index (χ0n) is 10.9. The molecule has 2 aromatic rings. The summed E-state index contributed by atoms with van der Waals surface area (Å²) in [6, 6.07) is 13.6. The van der Waals surface area contributed by atoms with Crippen molar-refractivity contribution in [3.05, 3.63) is 64.7 Å². The van der Waals surface area contributed by atoms with Crippen molar-refractivity contribution in [1.82, 2.24) is 0 Å². The second-order valence-electron chi connectivity index (χ2n) is 4.64. The van der Waals surface area contributed by atoms with Crippen LogP contribution in [0.2, 0.25) is 0 Å². The molecule has 2 nitrogen and oxygen atoms in total. The van der Waals surface area contributed by atoms with E-state index >= 15 is 0 Å². The van der Waals surface area contributed by atoms with Crippen LogP contribution >= 0.6 is 0 Å². The van der Waals surface area contributed by atoms with Gasteiger partial charge in [0.25, 0.3) is 5.91 Å². The molecule has 2 heteroatoms. The Bertz CT molecular complexity index is 570. The van der Waals surface area contributed by atoms with Crippen LogP contribution in [0.15, 0.2) is 42.5 Å². The maximum atomic E-state index is 12.1. The van der Waals surface area contributed by atoms with E-state index in [0.717, 1.165) is 16.8 Å². The van der Waals surface area contributed by atoms with E-state index in [9.17, 15) is 4.79 Å². The molecule has 0 aliphatic carbocycles. The lowest BCUT2D eigenvalue weighted by Gasteiger charge is -2.09. The average Bonchev–Trinajstić information content (AvgIpc) is 2.33. The van der Waals surface area contributed by atoms with Crippen LogP contribution in [0.3, 0.4) is 0 Å². The molecule has 0 aliphatic heterocycles. The third-order valence-electron chi connectivity index (χ3n) is 2.94. The zero-order valence-corrected chi connectivity index (χ0v) is 10.9. The molecule has 0 unspecified atom stereocenters. The summed E-state index contributed by atoms with van der Waals surface area (Å²) >= 11 is 0. The number of benzene rings is 2. The fourth-order valence-electron chi connectivity index (χ4n) is 1.85. The number of carbonyl (C=O) groups excluding carboxylic acids is 1. The van der Waals surface area contributed by atoms with Crippen molar-refractivity contribution in [2.45, 2.75) is 20.8 Å². The summed E-state index contributed by atoms with van der Waals surface area (Å²) in [6.45, 7) is 6.04. The minimum Gasteiger partial charge on any atom is -0.322 e. The van der Waals surface area contributed by atoms with Crippen LogP contribution in [-0.2, 0) is 0 Å². The van der Waals surface area contributed by atoms with Gasteiger partial charge < -0.3 is 5.32 Å². The van der Waals surface area contributed by atoms with Crippen molar-refractivity contribution in [3.8, 4) is 0 Å². The van der Waals surface area contributed by atoms with Gasteiger partial charge >= 0.3 is 0 Å². The Morgan fingerprint density at radius 2 is 1.50 bits per heavy atom. The largest absolute Gasteiger partial charge is 0.322 e. The van der Waals surface area contributed by atoms with Crippen molar-refractivity contribution in [2.24, 2.45) is 0 Å². The number of hydrogen-bond donors (Lipinski definition) is 1. The lowest BCUT2D eigenvalue weighted by molar-refractivity contribution is 0.102. The van der Waals surface area contributed by atoms with Gasteiger partial charge in [-0.3, -0.25) is 4.79 Å². The number of carbonyl (C=O) groups is 1. The summed E-state index contributed by atoms with van der Waals surface area (Å²) in [6.07, 6.45) is 0. The molecule has 1 N–H and O–H groups in total. The van der Waals surface area contributed by atoms with Crippen molar-refractivity contribution in [3.63, 3.8) is 0 Å². The van der Waals surface area contributed by atoms with E-state index in [1.54, 1.807) is 0 Å². The van der Waals surface area contributed by atoms with Gasteiger partial charge in [0.15, 0.2) is 0 Å². The van der Waals surface area contributed by atoms with Gasteiger partial charge in [0, 0.05) is 11.3 Å². The van der Waals surface area contributed by atoms with E-state index in [4.69, 9.17) is 0 Å². The fraction of sp³-hybridized carbons (Fsp3) is 0.188. The first kappa shape index (κ1) is 12.4. The van der Waals surface area contributed by atoms with Gasteiger partial charge in [-0.1, -0.05) is 35.4 Å². The molecule has 0 fully saturated rings. The predicted octanol–water partition coefficient (Wildman–Crippen LogP) is 3.86. The van der Waals surface area contributed by atoms with Crippen LogP contribution in [-0.4, -0.2) is 5.91 Å². The highest BCUT2D eigenvalue weighted by Crippen LogP contribution is 2.17. The van der Waals surface area contributed by atoms with Gasteiger partial charge in [-0.15, -0.1) is 0 Å². The Balaban J connectivity index is 2.18. The molecule has 0 aliphatic rings. The van der Waals surface area contributed by atoms with E-state index in [2.05, 4.69) is 11.4 Å². The van der Waals surface area contributed by atoms with Crippen molar-refractivity contribution < 1.29 is 4.79 Å². The number of anilines is 1. The van der Waals surface area contributed by atoms with Crippen LogP contribution in [0.4, 0.5) is 5.69 Å². The van der Waals surface area contributed by atoms with Crippen LogP contribution in [0.25, 0.3) is 0 Å². The summed E-state index contributed by atoms with van der Waals surface area (Å²) in [5.74, 6) is -0.0676. The third kappa shape index (κ3) is 2.77. The molecule has 0 heterocycles. The van der Waals surface area contributed by atoms with E-state index in [1.807, 2.05) is 57.2 Å². The average molecular weight is 239 g/mol. The second kappa shape index (κ2) is 5.05. The minimum atomic E-state index is -0.0676. The summed E-state index contributed by atoms with van der Waals surface area (Å²) in [5.41, 5.74) is 4.97. The van der Waals surface area contributed by atoms with Crippen LogP contribution in [0, 0.1) is 20.8 Å². The number of hydrogen-bond acceptors (Lipinski definition) is 1. The van der Waals surface area contributed by atoms with Gasteiger partial charge in [0.1, 0.15) is 0 Å². The monoisotopic (exact) mass is 239 g/mol. The molecule has 92 valence electrons. The summed E-state index contributed by atoms with van der Waals surface area (Å²) in [5, 5.41) is 2.93. The van der Waals surface area contributed by atoms with Crippen molar-refractivity contribution in [2.75, 3.05) is 5.32 Å². The van der Waals surface area contributed by atoms with Gasteiger partial charge in [-0.25, -0.2) is 0 Å². The number of amides is 1. The second-order valence-corrected chi connectivity index (χ2v) is 4.64. The Morgan fingerprint density at radius 1 is 0.889 bits per heavy atom. The lowest BCUT2D eigenvalue weighted by atomic mass is 10.1. The van der Waals surface area contributed by atoms with Crippen LogP contribution in [0.1, 0.15) is 27.0 Å².